The maximum atomic E-state index is 13.3. The summed E-state index contributed by atoms with van der Waals surface area (Å²) in [6.45, 7) is 6.38. The highest BCUT2D eigenvalue weighted by molar-refractivity contribution is 6.46. The number of hydrogen-bond acceptors (Lipinski definition) is 5. The van der Waals surface area contributed by atoms with Gasteiger partial charge in [0.25, 0.3) is 5.91 Å². The van der Waals surface area contributed by atoms with E-state index in [2.05, 4.69) is 6.07 Å². The van der Waals surface area contributed by atoms with Gasteiger partial charge >= 0.3 is 0 Å². The summed E-state index contributed by atoms with van der Waals surface area (Å²) < 4.78 is 5.39. The molecule has 0 aliphatic carbocycles. The molecule has 2 aromatic carbocycles. The highest BCUT2D eigenvalue weighted by Crippen LogP contribution is 2.32. The maximum absolute atomic E-state index is 13.3. The van der Waals surface area contributed by atoms with E-state index >= 15 is 0 Å². The monoisotopic (exact) mass is 476 g/mol. The van der Waals surface area contributed by atoms with Crippen LogP contribution in [0.2, 0.25) is 0 Å². The predicted octanol–water partition coefficient (Wildman–Crippen LogP) is 4.73. The van der Waals surface area contributed by atoms with Gasteiger partial charge in [-0.15, -0.1) is 0 Å². The molecule has 2 fully saturated rings. The molecule has 4 rings (SSSR count). The molecule has 0 radical (unpaired) electrons. The lowest BCUT2D eigenvalue weighted by atomic mass is 9.89. The van der Waals surface area contributed by atoms with Crippen LogP contribution in [0, 0.1) is 36.5 Å². The number of halogens is 1. The number of likely N-dealkylation sites (tertiary alicyclic amines) is 1. The third-order valence-corrected chi connectivity index (χ3v) is 7.28. The highest BCUT2D eigenvalue weighted by atomic mass is 35.5. The fourth-order valence-electron chi connectivity index (χ4n) is 4.66. The highest BCUT2D eigenvalue weighted by Gasteiger charge is 2.33. The first-order valence-corrected chi connectivity index (χ1v) is 11.9. The van der Waals surface area contributed by atoms with E-state index < -0.39 is 0 Å². The number of carbonyl (C=O) groups is 1. The van der Waals surface area contributed by atoms with Crippen LogP contribution in [0.4, 0.5) is 0 Å². The number of hydrogen-bond donors (Lipinski definition) is 2. The number of rotatable bonds is 5. The summed E-state index contributed by atoms with van der Waals surface area (Å²) in [5.41, 5.74) is 12.0. The molecule has 2 aliphatic heterocycles. The number of amides is 1. The van der Waals surface area contributed by atoms with Gasteiger partial charge in [0.15, 0.2) is 0 Å². The molecule has 0 saturated carbocycles. The minimum atomic E-state index is -0.0351. The van der Waals surface area contributed by atoms with Gasteiger partial charge in [0.05, 0.1) is 28.1 Å². The van der Waals surface area contributed by atoms with Gasteiger partial charge in [0.1, 0.15) is 0 Å². The SMILES string of the molecule is Cc1cc(C)c(/C(N)=C(\Cl)C(=N)C2CCOCC2)cc1C(=O)N1CC(c2ccc(C#N)cc2)C1. The van der Waals surface area contributed by atoms with Gasteiger partial charge in [-0.2, -0.15) is 5.26 Å². The standard InChI is InChI=1S/C27H29ClN4O2/c1-16-11-17(2)23(12-22(16)26(31)24(28)25(30)20-7-9-34-10-8-20)27(33)32-14-21(15-32)19-5-3-18(13-29)4-6-19/h3-6,11-12,20-21,30H,7-10,14-15,31H2,1-2H3/b26-24+,30-25?. The van der Waals surface area contributed by atoms with Crippen molar-refractivity contribution in [2.45, 2.75) is 32.6 Å². The van der Waals surface area contributed by atoms with E-state index in [4.69, 9.17) is 32.7 Å². The summed E-state index contributed by atoms with van der Waals surface area (Å²) in [4.78, 5) is 15.1. The normalized spacial score (nSPS) is 17.5. The molecule has 0 aromatic heterocycles. The van der Waals surface area contributed by atoms with Crippen LogP contribution in [0.1, 0.15) is 56.9 Å². The van der Waals surface area contributed by atoms with Crippen molar-refractivity contribution < 1.29 is 9.53 Å². The summed E-state index contributed by atoms with van der Waals surface area (Å²) in [5, 5.41) is 17.8. The Kier molecular flexibility index (Phi) is 7.06. The molecule has 6 nitrogen and oxygen atoms in total. The van der Waals surface area contributed by atoms with Crippen LogP contribution in [0.3, 0.4) is 0 Å². The van der Waals surface area contributed by atoms with Crippen LogP contribution in [0.15, 0.2) is 41.4 Å². The van der Waals surface area contributed by atoms with Crippen LogP contribution in [0.25, 0.3) is 5.70 Å². The van der Waals surface area contributed by atoms with Crippen molar-refractivity contribution in [3.63, 3.8) is 0 Å². The Bertz CT molecular complexity index is 1180. The van der Waals surface area contributed by atoms with Crippen LogP contribution in [-0.4, -0.2) is 42.8 Å². The van der Waals surface area contributed by atoms with Gasteiger partial charge in [-0.05, 0) is 61.6 Å². The van der Waals surface area contributed by atoms with Crippen molar-refractivity contribution in [2.75, 3.05) is 26.3 Å². The molecule has 0 unspecified atom stereocenters. The van der Waals surface area contributed by atoms with Crippen molar-refractivity contribution >= 4 is 28.9 Å². The Hall–Kier alpha value is -3.14. The maximum Gasteiger partial charge on any atom is 0.254 e. The molecule has 2 heterocycles. The van der Waals surface area contributed by atoms with Crippen molar-refractivity contribution in [1.82, 2.24) is 4.90 Å². The number of carbonyl (C=O) groups excluding carboxylic acids is 1. The summed E-state index contributed by atoms with van der Waals surface area (Å²) in [6, 6.07) is 13.4. The van der Waals surface area contributed by atoms with Crippen molar-refractivity contribution in [2.24, 2.45) is 11.7 Å². The van der Waals surface area contributed by atoms with Crippen molar-refractivity contribution in [3.05, 3.63) is 74.8 Å². The van der Waals surface area contributed by atoms with Gasteiger partial charge in [0, 0.05) is 49.3 Å². The second-order valence-electron chi connectivity index (χ2n) is 9.15. The van der Waals surface area contributed by atoms with Gasteiger partial charge < -0.3 is 20.8 Å². The number of nitrogens with zero attached hydrogens (tertiary/aromatic N) is 2. The first-order valence-electron chi connectivity index (χ1n) is 11.5. The molecule has 1 amide bonds. The van der Waals surface area contributed by atoms with E-state index in [1.807, 2.05) is 55.1 Å². The smallest absolute Gasteiger partial charge is 0.254 e. The van der Waals surface area contributed by atoms with E-state index in [0.29, 0.717) is 54.4 Å². The molecule has 2 aliphatic rings. The summed E-state index contributed by atoms with van der Waals surface area (Å²) in [6.07, 6.45) is 1.52. The zero-order chi connectivity index (χ0) is 24.4. The molecule has 2 aromatic rings. The second-order valence-corrected chi connectivity index (χ2v) is 9.53. The molecule has 3 N–H and O–H groups in total. The van der Waals surface area contributed by atoms with Gasteiger partial charge in [0.2, 0.25) is 0 Å². The molecule has 0 atom stereocenters. The molecule has 2 saturated heterocycles. The average molecular weight is 477 g/mol. The third-order valence-electron chi connectivity index (χ3n) is 6.87. The van der Waals surface area contributed by atoms with E-state index in [9.17, 15) is 4.79 Å². The molecular weight excluding hydrogens is 448 g/mol. The lowest BCUT2D eigenvalue weighted by Gasteiger charge is -2.40. The Morgan fingerprint density at radius 1 is 1.12 bits per heavy atom. The molecule has 176 valence electrons. The van der Waals surface area contributed by atoms with Crippen LogP contribution in [0.5, 0.6) is 0 Å². The predicted molar refractivity (Wildman–Crippen MR) is 134 cm³/mol. The van der Waals surface area contributed by atoms with Crippen LogP contribution >= 0.6 is 11.6 Å². The Balaban J connectivity index is 1.52. The van der Waals surface area contributed by atoms with Gasteiger partial charge in [-0.1, -0.05) is 29.8 Å². The lowest BCUT2D eigenvalue weighted by molar-refractivity contribution is 0.0601. The summed E-state index contributed by atoms with van der Waals surface area (Å²) >= 11 is 6.58. The number of aryl methyl sites for hydroxylation is 2. The number of nitriles is 1. The zero-order valence-corrected chi connectivity index (χ0v) is 20.3. The average Bonchev–Trinajstić information content (AvgIpc) is 2.82. The number of allylic oxidation sites excluding steroid dienone is 1. The molecule has 7 heteroatoms. The Labute approximate surface area is 205 Å². The van der Waals surface area contributed by atoms with Crippen molar-refractivity contribution in [1.29, 1.82) is 10.7 Å². The van der Waals surface area contributed by atoms with Gasteiger partial charge in [-0.3, -0.25) is 4.79 Å². The second kappa shape index (κ2) is 10.0. The number of benzene rings is 2. The van der Waals surface area contributed by atoms with E-state index in [1.54, 1.807) is 0 Å². The fourth-order valence-corrected chi connectivity index (χ4v) is 4.91. The lowest BCUT2D eigenvalue weighted by Crippen LogP contribution is -2.48. The largest absolute Gasteiger partial charge is 0.397 e. The minimum absolute atomic E-state index is 0.0342. The van der Waals surface area contributed by atoms with Crippen LogP contribution < -0.4 is 5.73 Å². The summed E-state index contributed by atoms with van der Waals surface area (Å²) in [5.74, 6) is 0.264. The van der Waals surface area contributed by atoms with E-state index in [-0.39, 0.29) is 22.8 Å². The first-order chi connectivity index (χ1) is 16.3. The van der Waals surface area contributed by atoms with Gasteiger partial charge in [-0.25, -0.2) is 0 Å². The van der Waals surface area contributed by atoms with Crippen LogP contribution in [-0.2, 0) is 4.74 Å². The Morgan fingerprint density at radius 3 is 2.35 bits per heavy atom. The zero-order valence-electron chi connectivity index (χ0n) is 19.5. The molecule has 0 bridgehead atoms. The van der Waals surface area contributed by atoms with Crippen molar-refractivity contribution in [3.8, 4) is 6.07 Å². The van der Waals surface area contributed by atoms with E-state index in [0.717, 1.165) is 29.5 Å². The Morgan fingerprint density at radius 2 is 1.74 bits per heavy atom. The molecule has 0 spiro atoms. The third kappa shape index (κ3) is 4.72. The minimum Gasteiger partial charge on any atom is -0.397 e. The number of nitrogens with two attached hydrogens (primary N) is 1. The van der Waals surface area contributed by atoms with E-state index in [1.165, 1.54) is 0 Å². The fraction of sp³-hybridized carbons (Fsp3) is 0.370. The number of ether oxygens (including phenoxy) is 1. The first kappa shape index (κ1) is 24.0. The summed E-state index contributed by atoms with van der Waals surface area (Å²) in [7, 11) is 0. The topological polar surface area (TPSA) is 103 Å². The quantitative estimate of drug-likeness (QED) is 0.609. The number of nitrogens with one attached hydrogen (secondary N) is 1. The molecular formula is C27H29ClN4O2. The molecule has 34 heavy (non-hydrogen) atoms.